The second-order valence-corrected chi connectivity index (χ2v) is 6.52. The number of benzene rings is 1. The number of carbonyl (C=O) groups is 2. The summed E-state index contributed by atoms with van der Waals surface area (Å²) < 4.78 is 11.2. The molecule has 0 fully saturated rings. The first-order valence-corrected chi connectivity index (χ1v) is 7.39. The van der Waals surface area contributed by atoms with Crippen LogP contribution in [0.4, 0.5) is 0 Å². The number of rotatable bonds is 3. The second kappa shape index (κ2) is 5.95. The SMILES string of the molecule is CC(C)=CC(=O)OC(C)c1ccc2c(c1)C(=O)CC(C)(C)O2. The molecule has 0 aromatic heterocycles. The molecular formula is C18H22O4. The fourth-order valence-electron chi connectivity index (χ4n) is 2.43. The van der Waals surface area contributed by atoms with Crippen molar-refractivity contribution in [2.45, 2.75) is 52.7 Å². The minimum absolute atomic E-state index is 0.0518. The largest absolute Gasteiger partial charge is 0.487 e. The van der Waals surface area contributed by atoms with Crippen LogP contribution in [0.5, 0.6) is 5.75 Å². The molecule has 118 valence electrons. The van der Waals surface area contributed by atoms with E-state index in [0.29, 0.717) is 17.7 Å². The minimum Gasteiger partial charge on any atom is -0.487 e. The number of carbonyl (C=O) groups excluding carboxylic acids is 2. The molecule has 1 aromatic carbocycles. The third-order valence-electron chi connectivity index (χ3n) is 3.45. The molecule has 1 aliphatic heterocycles. The van der Waals surface area contributed by atoms with Crippen molar-refractivity contribution in [2.75, 3.05) is 0 Å². The van der Waals surface area contributed by atoms with Crippen molar-refractivity contribution in [2.24, 2.45) is 0 Å². The molecule has 0 saturated heterocycles. The minimum atomic E-state index is -0.479. The molecule has 0 saturated carbocycles. The number of hydrogen-bond acceptors (Lipinski definition) is 4. The average Bonchev–Trinajstić information content (AvgIpc) is 2.35. The van der Waals surface area contributed by atoms with E-state index in [0.717, 1.165) is 11.1 Å². The molecule has 1 aromatic rings. The first-order valence-electron chi connectivity index (χ1n) is 7.39. The molecule has 0 bridgehead atoms. The van der Waals surface area contributed by atoms with Gasteiger partial charge in [0.05, 0.1) is 12.0 Å². The van der Waals surface area contributed by atoms with Gasteiger partial charge in [0.15, 0.2) is 5.78 Å². The summed E-state index contributed by atoms with van der Waals surface area (Å²) >= 11 is 0. The summed E-state index contributed by atoms with van der Waals surface area (Å²) in [6, 6.07) is 5.36. The van der Waals surface area contributed by atoms with Gasteiger partial charge in [-0.3, -0.25) is 4.79 Å². The number of ether oxygens (including phenoxy) is 2. The number of Topliss-reactive ketones (excluding diaryl/α,β-unsaturated/α-hetero) is 1. The van der Waals surface area contributed by atoms with Crippen molar-refractivity contribution in [3.63, 3.8) is 0 Å². The van der Waals surface area contributed by atoms with E-state index in [-0.39, 0.29) is 11.8 Å². The van der Waals surface area contributed by atoms with Crippen LogP contribution in [-0.2, 0) is 9.53 Å². The Morgan fingerprint density at radius 3 is 2.68 bits per heavy atom. The molecule has 1 atom stereocenters. The predicted octanol–water partition coefficient (Wildman–Crippen LogP) is 4.00. The van der Waals surface area contributed by atoms with Gasteiger partial charge in [-0.05, 0) is 52.3 Å². The zero-order chi connectivity index (χ0) is 16.5. The summed E-state index contributed by atoms with van der Waals surface area (Å²) in [4.78, 5) is 23.9. The maximum absolute atomic E-state index is 12.2. The van der Waals surface area contributed by atoms with Crippen LogP contribution in [0.2, 0.25) is 0 Å². The van der Waals surface area contributed by atoms with Gasteiger partial charge in [0.2, 0.25) is 0 Å². The Kier molecular flexibility index (Phi) is 4.40. The fraction of sp³-hybridized carbons (Fsp3) is 0.444. The van der Waals surface area contributed by atoms with Crippen molar-refractivity contribution in [1.29, 1.82) is 0 Å². The quantitative estimate of drug-likeness (QED) is 0.625. The van der Waals surface area contributed by atoms with Gasteiger partial charge in [0.25, 0.3) is 0 Å². The molecule has 2 rings (SSSR count). The van der Waals surface area contributed by atoms with E-state index in [1.807, 2.05) is 33.8 Å². The van der Waals surface area contributed by atoms with Gasteiger partial charge < -0.3 is 9.47 Å². The van der Waals surface area contributed by atoms with Crippen molar-refractivity contribution in [1.82, 2.24) is 0 Å². The molecule has 4 nitrogen and oxygen atoms in total. The van der Waals surface area contributed by atoms with Gasteiger partial charge in [-0.1, -0.05) is 11.6 Å². The van der Waals surface area contributed by atoms with Gasteiger partial charge in [-0.2, -0.15) is 0 Å². The monoisotopic (exact) mass is 302 g/mol. The number of ketones is 1. The lowest BCUT2D eigenvalue weighted by atomic mass is 9.91. The Bertz CT molecular complexity index is 636. The van der Waals surface area contributed by atoms with Crippen molar-refractivity contribution < 1.29 is 19.1 Å². The standard InChI is InChI=1S/C18H22O4/c1-11(2)8-17(20)21-12(3)13-6-7-16-14(9-13)15(19)10-18(4,5)22-16/h6-9,12H,10H2,1-5H3. The molecule has 1 aliphatic rings. The number of hydrogen-bond donors (Lipinski definition) is 0. The zero-order valence-corrected chi connectivity index (χ0v) is 13.7. The molecule has 0 spiro atoms. The van der Waals surface area contributed by atoms with Crippen LogP contribution in [0.25, 0.3) is 0 Å². The van der Waals surface area contributed by atoms with Gasteiger partial charge in [0.1, 0.15) is 17.5 Å². The summed E-state index contributed by atoms with van der Waals surface area (Å²) in [5, 5.41) is 0. The molecular weight excluding hydrogens is 280 g/mol. The van der Waals surface area contributed by atoms with Crippen molar-refractivity contribution in [3.8, 4) is 5.75 Å². The van der Waals surface area contributed by atoms with E-state index in [2.05, 4.69) is 0 Å². The third-order valence-corrected chi connectivity index (χ3v) is 3.45. The van der Waals surface area contributed by atoms with E-state index in [9.17, 15) is 9.59 Å². The normalized spacial score (nSPS) is 17.0. The lowest BCUT2D eigenvalue weighted by Gasteiger charge is -2.32. The highest BCUT2D eigenvalue weighted by Crippen LogP contribution is 2.34. The predicted molar refractivity (Wildman–Crippen MR) is 84.0 cm³/mol. The van der Waals surface area contributed by atoms with E-state index < -0.39 is 11.7 Å². The maximum Gasteiger partial charge on any atom is 0.331 e. The van der Waals surface area contributed by atoms with Crippen LogP contribution in [0.15, 0.2) is 29.8 Å². The summed E-state index contributed by atoms with van der Waals surface area (Å²) in [5.74, 6) is 0.262. The lowest BCUT2D eigenvalue weighted by molar-refractivity contribution is -0.142. The van der Waals surface area contributed by atoms with Gasteiger partial charge >= 0.3 is 5.97 Å². The van der Waals surface area contributed by atoms with Crippen molar-refractivity contribution >= 4 is 11.8 Å². The molecule has 0 radical (unpaired) electrons. The Labute approximate surface area is 131 Å². The molecule has 4 heteroatoms. The zero-order valence-electron chi connectivity index (χ0n) is 13.7. The van der Waals surface area contributed by atoms with Crippen LogP contribution < -0.4 is 4.74 Å². The number of allylic oxidation sites excluding steroid dienone is 1. The molecule has 1 unspecified atom stereocenters. The molecule has 0 aliphatic carbocycles. The van der Waals surface area contributed by atoms with Crippen LogP contribution in [0.3, 0.4) is 0 Å². The van der Waals surface area contributed by atoms with E-state index in [1.54, 1.807) is 19.1 Å². The lowest BCUT2D eigenvalue weighted by Crippen LogP contribution is -2.35. The molecule has 0 N–H and O–H groups in total. The average molecular weight is 302 g/mol. The van der Waals surface area contributed by atoms with Gasteiger partial charge in [-0.15, -0.1) is 0 Å². The van der Waals surface area contributed by atoms with Gasteiger partial charge in [0, 0.05) is 6.08 Å². The highest BCUT2D eigenvalue weighted by atomic mass is 16.5. The summed E-state index contributed by atoms with van der Waals surface area (Å²) in [6.45, 7) is 9.25. The van der Waals surface area contributed by atoms with Crippen molar-refractivity contribution in [3.05, 3.63) is 41.0 Å². The van der Waals surface area contributed by atoms with Crippen LogP contribution >= 0.6 is 0 Å². The Hall–Kier alpha value is -2.10. The summed E-state index contributed by atoms with van der Waals surface area (Å²) in [7, 11) is 0. The fourth-order valence-corrected chi connectivity index (χ4v) is 2.43. The summed E-state index contributed by atoms with van der Waals surface area (Å²) in [5.41, 5.74) is 1.74. The number of esters is 1. The van der Waals surface area contributed by atoms with E-state index in [4.69, 9.17) is 9.47 Å². The molecule has 22 heavy (non-hydrogen) atoms. The van der Waals surface area contributed by atoms with Crippen LogP contribution in [0, 0.1) is 0 Å². The maximum atomic E-state index is 12.2. The first kappa shape index (κ1) is 16.3. The second-order valence-electron chi connectivity index (χ2n) is 6.52. The van der Waals surface area contributed by atoms with Crippen LogP contribution in [0.1, 0.15) is 63.1 Å². The number of fused-ring (bicyclic) bond motifs is 1. The Balaban J connectivity index is 2.21. The van der Waals surface area contributed by atoms with Gasteiger partial charge in [-0.25, -0.2) is 4.79 Å². The third kappa shape index (κ3) is 3.75. The Morgan fingerprint density at radius 2 is 2.05 bits per heavy atom. The van der Waals surface area contributed by atoms with Crippen LogP contribution in [-0.4, -0.2) is 17.4 Å². The smallest absolute Gasteiger partial charge is 0.331 e. The topological polar surface area (TPSA) is 52.6 Å². The molecule has 1 heterocycles. The highest BCUT2D eigenvalue weighted by molar-refractivity contribution is 6.00. The Morgan fingerprint density at radius 1 is 1.36 bits per heavy atom. The molecule has 0 amide bonds. The van der Waals surface area contributed by atoms with E-state index in [1.165, 1.54) is 6.08 Å². The highest BCUT2D eigenvalue weighted by Gasteiger charge is 2.32. The van der Waals surface area contributed by atoms with E-state index >= 15 is 0 Å². The summed E-state index contributed by atoms with van der Waals surface area (Å²) in [6.07, 6.45) is 1.37. The first-order chi connectivity index (χ1) is 10.2.